The van der Waals surface area contributed by atoms with Gasteiger partial charge in [-0.2, -0.15) is 0 Å². The number of hydrogen-bond acceptors (Lipinski definition) is 6. The molecule has 6 rings (SSSR count). The molecule has 204 valence electrons. The van der Waals surface area contributed by atoms with Gasteiger partial charge >= 0.3 is 11.7 Å². The molecule has 9 nitrogen and oxygen atoms in total. The Kier molecular flexibility index (Phi) is 6.92. The summed E-state index contributed by atoms with van der Waals surface area (Å²) in [7, 11) is 0. The number of alkyl halides is 1. The smallest absolute Gasteiger partial charge is 0.330 e. The van der Waals surface area contributed by atoms with Crippen LogP contribution in [0.1, 0.15) is 57.9 Å². The number of rotatable bonds is 8. The van der Waals surface area contributed by atoms with Gasteiger partial charge < -0.3 is 15.4 Å². The Morgan fingerprint density at radius 2 is 1.82 bits per heavy atom. The second-order valence-corrected chi connectivity index (χ2v) is 12.7. The number of hydrogen-bond donors (Lipinski definition) is 2. The number of aromatic nitrogens is 2. The minimum absolute atomic E-state index is 0.0257. The van der Waals surface area contributed by atoms with Gasteiger partial charge in [-0.25, -0.2) is 4.79 Å². The normalized spacial score (nSPS) is 27.5. The van der Waals surface area contributed by atoms with Crippen LogP contribution in [-0.4, -0.2) is 39.5 Å². The van der Waals surface area contributed by atoms with E-state index in [0.717, 1.165) is 37.7 Å². The number of anilines is 2. The third-order valence-electron chi connectivity index (χ3n) is 8.27. The van der Waals surface area contributed by atoms with E-state index in [9.17, 15) is 19.2 Å². The summed E-state index contributed by atoms with van der Waals surface area (Å²) >= 11 is 6.87. The molecule has 0 unspecified atom stereocenters. The van der Waals surface area contributed by atoms with E-state index in [4.69, 9.17) is 22.1 Å². The maximum absolute atomic E-state index is 13.5. The molecule has 3 N–H and O–H groups in total. The highest BCUT2D eigenvalue weighted by molar-refractivity contribution is 6.24. The molecule has 1 aromatic heterocycles. The number of benzene rings is 1. The van der Waals surface area contributed by atoms with Crippen LogP contribution in [-0.2, 0) is 20.9 Å². The number of carbonyl (C=O) groups excluding carboxylic acids is 2. The lowest BCUT2D eigenvalue weighted by atomic mass is 9.49. The zero-order valence-corrected chi connectivity index (χ0v) is 22.6. The Balaban J connectivity index is 1.38. The SMILES string of the molecule is CC(C)CN(C(=O)COC(=O)C12C[C@H]3C[C@@H](CC(Cl)(C3)C1)C2)c1c(N)n(Cc2ccccc2)c(=O)[nH]c1=O. The fourth-order valence-corrected chi connectivity index (χ4v) is 7.88. The van der Waals surface area contributed by atoms with Crippen molar-refractivity contribution < 1.29 is 14.3 Å². The van der Waals surface area contributed by atoms with E-state index in [1.54, 1.807) is 0 Å². The quantitative estimate of drug-likeness (QED) is 0.389. The van der Waals surface area contributed by atoms with E-state index in [1.807, 2.05) is 44.2 Å². The van der Waals surface area contributed by atoms with Gasteiger partial charge in [-0.3, -0.25) is 23.9 Å². The minimum Gasteiger partial charge on any atom is -0.455 e. The first-order valence-corrected chi connectivity index (χ1v) is 13.7. The molecule has 4 aliphatic carbocycles. The zero-order chi connectivity index (χ0) is 27.2. The number of nitrogens with one attached hydrogen (secondary N) is 1. The van der Waals surface area contributed by atoms with Gasteiger partial charge in [-0.15, -0.1) is 11.6 Å². The van der Waals surface area contributed by atoms with Crippen LogP contribution < -0.4 is 21.9 Å². The summed E-state index contributed by atoms with van der Waals surface area (Å²) in [5.74, 6) is -0.267. The summed E-state index contributed by atoms with van der Waals surface area (Å²) in [6, 6.07) is 9.20. The van der Waals surface area contributed by atoms with Crippen molar-refractivity contribution >= 4 is 35.0 Å². The molecule has 2 aromatic rings. The topological polar surface area (TPSA) is 127 Å². The average Bonchev–Trinajstić information content (AvgIpc) is 2.83. The van der Waals surface area contributed by atoms with Crippen LogP contribution >= 0.6 is 11.6 Å². The lowest BCUT2D eigenvalue weighted by Crippen LogP contribution is -2.56. The number of H-pyrrole nitrogens is 1. The van der Waals surface area contributed by atoms with Crippen molar-refractivity contribution in [3.8, 4) is 0 Å². The van der Waals surface area contributed by atoms with Gasteiger partial charge in [-0.05, 0) is 61.8 Å². The number of esters is 1. The van der Waals surface area contributed by atoms with Gasteiger partial charge in [0.25, 0.3) is 11.5 Å². The van der Waals surface area contributed by atoms with E-state index in [-0.39, 0.29) is 41.4 Å². The Labute approximate surface area is 226 Å². The van der Waals surface area contributed by atoms with Crippen molar-refractivity contribution in [3.05, 3.63) is 56.7 Å². The van der Waals surface area contributed by atoms with Crippen LogP contribution in [0.15, 0.2) is 39.9 Å². The van der Waals surface area contributed by atoms with Crippen LogP contribution in [0.25, 0.3) is 0 Å². The maximum Gasteiger partial charge on any atom is 0.330 e. The summed E-state index contributed by atoms with van der Waals surface area (Å²) in [5.41, 5.74) is 4.96. The number of amides is 1. The molecule has 0 aliphatic heterocycles. The fraction of sp³-hybridized carbons (Fsp3) is 0.571. The molecule has 1 heterocycles. The number of nitrogens with two attached hydrogens (primary N) is 1. The molecule has 4 bridgehead atoms. The third-order valence-corrected chi connectivity index (χ3v) is 8.71. The minimum atomic E-state index is -0.762. The Hall–Kier alpha value is -3.07. The molecule has 4 saturated carbocycles. The molecule has 1 aromatic carbocycles. The summed E-state index contributed by atoms with van der Waals surface area (Å²) in [5, 5.41) is 0. The van der Waals surface area contributed by atoms with Crippen LogP contribution in [0, 0.1) is 23.2 Å². The molecule has 0 radical (unpaired) electrons. The highest BCUT2D eigenvalue weighted by atomic mass is 35.5. The highest BCUT2D eigenvalue weighted by Gasteiger charge is 2.60. The standard InChI is InChI=1S/C28H35ClN4O5/c1-17(2)13-32(22-23(30)33(26(37)31-24(22)35)14-18-6-4-3-5-7-18)21(34)15-38-25(36)27-9-19-8-20(10-27)12-28(29,11-19)16-27/h3-7,17,19-20H,8-16,30H2,1-2H3,(H,31,35,37)/t19-,20-,27?,28?/m1/s1. The molecular weight excluding hydrogens is 508 g/mol. The van der Waals surface area contributed by atoms with Gasteiger partial charge in [0.2, 0.25) is 0 Å². The zero-order valence-electron chi connectivity index (χ0n) is 21.9. The van der Waals surface area contributed by atoms with Gasteiger partial charge in [0.1, 0.15) is 5.82 Å². The number of ether oxygens (including phenoxy) is 1. The third kappa shape index (κ3) is 5.00. The first kappa shape index (κ1) is 26.5. The van der Waals surface area contributed by atoms with Crippen LogP contribution in [0.2, 0.25) is 0 Å². The van der Waals surface area contributed by atoms with Gasteiger partial charge in [0.15, 0.2) is 12.3 Å². The van der Waals surface area contributed by atoms with E-state index in [0.29, 0.717) is 18.3 Å². The van der Waals surface area contributed by atoms with Gasteiger partial charge in [-0.1, -0.05) is 44.2 Å². The lowest BCUT2D eigenvalue weighted by Gasteiger charge is -2.58. The summed E-state index contributed by atoms with van der Waals surface area (Å²) in [6.45, 7) is 3.55. The summed E-state index contributed by atoms with van der Waals surface area (Å²) < 4.78 is 6.87. The molecule has 10 heteroatoms. The molecular formula is C28H35ClN4O5. The Morgan fingerprint density at radius 1 is 1.16 bits per heavy atom. The van der Waals surface area contributed by atoms with E-state index in [1.165, 1.54) is 9.47 Å². The summed E-state index contributed by atoms with van der Waals surface area (Å²) in [6.07, 6.45) is 5.04. The van der Waals surface area contributed by atoms with E-state index >= 15 is 0 Å². The Morgan fingerprint density at radius 3 is 2.42 bits per heavy atom. The number of nitrogen functional groups attached to an aromatic ring is 1. The monoisotopic (exact) mass is 542 g/mol. The first-order chi connectivity index (χ1) is 18.0. The predicted octanol–water partition coefficient (Wildman–Crippen LogP) is 3.28. The molecule has 38 heavy (non-hydrogen) atoms. The molecule has 0 spiro atoms. The first-order valence-electron chi connectivity index (χ1n) is 13.3. The second-order valence-electron chi connectivity index (χ2n) is 11.9. The fourth-order valence-electron chi connectivity index (χ4n) is 7.19. The number of carbonyl (C=O) groups is 2. The largest absolute Gasteiger partial charge is 0.455 e. The van der Waals surface area contributed by atoms with Crippen molar-refractivity contribution in [1.29, 1.82) is 0 Å². The lowest BCUT2D eigenvalue weighted by molar-refractivity contribution is -0.171. The molecule has 4 aliphatic rings. The number of nitrogens with zero attached hydrogens (tertiary/aromatic N) is 2. The van der Waals surface area contributed by atoms with Crippen molar-refractivity contribution in [3.63, 3.8) is 0 Å². The second kappa shape index (κ2) is 9.91. The Bertz CT molecular complexity index is 1340. The highest BCUT2D eigenvalue weighted by Crippen LogP contribution is 2.64. The van der Waals surface area contributed by atoms with Gasteiger partial charge in [0, 0.05) is 11.4 Å². The molecule has 0 saturated heterocycles. The van der Waals surface area contributed by atoms with Gasteiger partial charge in [0.05, 0.1) is 12.0 Å². The van der Waals surface area contributed by atoms with Crippen molar-refractivity contribution in [2.24, 2.45) is 23.2 Å². The summed E-state index contributed by atoms with van der Waals surface area (Å²) in [4.78, 5) is 55.5. The number of halogens is 1. The maximum atomic E-state index is 13.5. The number of aromatic amines is 1. The molecule has 2 atom stereocenters. The van der Waals surface area contributed by atoms with E-state index in [2.05, 4.69) is 4.98 Å². The van der Waals surface area contributed by atoms with Crippen molar-refractivity contribution in [2.75, 3.05) is 23.8 Å². The predicted molar refractivity (Wildman–Crippen MR) is 145 cm³/mol. The van der Waals surface area contributed by atoms with Crippen LogP contribution in [0.4, 0.5) is 11.5 Å². The van der Waals surface area contributed by atoms with Crippen LogP contribution in [0.3, 0.4) is 0 Å². The van der Waals surface area contributed by atoms with Crippen molar-refractivity contribution in [1.82, 2.24) is 9.55 Å². The van der Waals surface area contributed by atoms with Crippen LogP contribution in [0.5, 0.6) is 0 Å². The van der Waals surface area contributed by atoms with E-state index < -0.39 is 29.2 Å². The molecule has 1 amide bonds. The average molecular weight is 543 g/mol. The van der Waals surface area contributed by atoms with Crippen molar-refractivity contribution in [2.45, 2.75) is 63.8 Å². The molecule has 4 fully saturated rings.